The molecule has 1 unspecified atom stereocenters. The summed E-state index contributed by atoms with van der Waals surface area (Å²) in [7, 11) is -3.79. The Morgan fingerprint density at radius 2 is 1.94 bits per heavy atom. The maximum atomic E-state index is 11.6. The second-order valence-electron chi connectivity index (χ2n) is 3.36. The Morgan fingerprint density at radius 3 is 2.44 bits per heavy atom. The molecule has 0 bridgehead atoms. The molecule has 0 saturated heterocycles. The van der Waals surface area contributed by atoms with Gasteiger partial charge in [-0.25, -0.2) is 0 Å². The first-order chi connectivity index (χ1) is 7.45. The molecule has 0 heterocycles. The van der Waals surface area contributed by atoms with Crippen LogP contribution >= 0.6 is 0 Å². The fourth-order valence-corrected chi connectivity index (χ4v) is 1.76. The lowest BCUT2D eigenvalue weighted by atomic mass is 10.2. The van der Waals surface area contributed by atoms with Crippen molar-refractivity contribution in [2.45, 2.75) is 24.8 Å². The minimum atomic E-state index is -3.79. The summed E-state index contributed by atoms with van der Waals surface area (Å²) in [5.74, 6) is 2.30. The first-order valence-electron chi connectivity index (χ1n) is 4.67. The van der Waals surface area contributed by atoms with Crippen molar-refractivity contribution >= 4 is 10.1 Å². The lowest BCUT2D eigenvalue weighted by Crippen LogP contribution is -2.27. The van der Waals surface area contributed by atoms with E-state index >= 15 is 0 Å². The highest BCUT2D eigenvalue weighted by Gasteiger charge is 2.15. The van der Waals surface area contributed by atoms with Crippen LogP contribution in [0.25, 0.3) is 0 Å². The highest BCUT2D eigenvalue weighted by Crippen LogP contribution is 2.12. The Morgan fingerprint density at radius 1 is 1.38 bits per heavy atom. The molecule has 0 aromatic heterocycles. The predicted molar refractivity (Wildman–Crippen MR) is 60.9 cm³/mol. The molecule has 0 radical (unpaired) electrons. The van der Waals surface area contributed by atoms with Crippen LogP contribution in [0.15, 0.2) is 29.2 Å². The Hall–Kier alpha value is -1.35. The molecule has 0 aliphatic rings. The molecular formula is C11H13NO3S. The number of nitrogens with one attached hydrogen (secondary N) is 1. The van der Waals surface area contributed by atoms with Gasteiger partial charge in [-0.2, -0.15) is 18.2 Å². The van der Waals surface area contributed by atoms with E-state index in [-0.39, 0.29) is 4.90 Å². The molecule has 0 amide bonds. The van der Waals surface area contributed by atoms with Crippen molar-refractivity contribution in [1.82, 2.24) is 5.48 Å². The van der Waals surface area contributed by atoms with E-state index < -0.39 is 16.2 Å². The molecule has 5 heteroatoms. The van der Waals surface area contributed by atoms with Crippen molar-refractivity contribution in [3.63, 3.8) is 0 Å². The van der Waals surface area contributed by atoms with Crippen LogP contribution in [0.1, 0.15) is 12.5 Å². The summed E-state index contributed by atoms with van der Waals surface area (Å²) in [5.41, 5.74) is 3.24. The van der Waals surface area contributed by atoms with Crippen LogP contribution in [0.3, 0.4) is 0 Å². The van der Waals surface area contributed by atoms with Gasteiger partial charge in [0.25, 0.3) is 0 Å². The van der Waals surface area contributed by atoms with Crippen LogP contribution in [-0.4, -0.2) is 14.5 Å². The van der Waals surface area contributed by atoms with Gasteiger partial charge < -0.3 is 0 Å². The topological polar surface area (TPSA) is 55.4 Å². The van der Waals surface area contributed by atoms with E-state index in [1.165, 1.54) is 12.1 Å². The maximum absolute atomic E-state index is 11.6. The Labute approximate surface area is 95.7 Å². The molecule has 1 rings (SSSR count). The predicted octanol–water partition coefficient (Wildman–Crippen LogP) is 1.23. The Kier molecular flexibility index (Phi) is 4.07. The average molecular weight is 239 g/mol. The summed E-state index contributed by atoms with van der Waals surface area (Å²) < 4.78 is 27.8. The van der Waals surface area contributed by atoms with Gasteiger partial charge in [0.2, 0.25) is 0 Å². The molecule has 0 aliphatic heterocycles. The van der Waals surface area contributed by atoms with Gasteiger partial charge in [-0.05, 0) is 26.0 Å². The quantitative estimate of drug-likeness (QED) is 0.634. The molecule has 0 spiro atoms. The molecule has 1 aromatic carbocycles. The molecule has 1 aromatic rings. The number of rotatable bonds is 4. The third-order valence-electron chi connectivity index (χ3n) is 1.89. The SMILES string of the molecule is C#CC(C)NOS(=O)(=O)c1ccc(C)cc1. The molecule has 0 fully saturated rings. The van der Waals surface area contributed by atoms with Gasteiger partial charge in [0.15, 0.2) is 0 Å². The number of benzene rings is 1. The summed E-state index contributed by atoms with van der Waals surface area (Å²) >= 11 is 0. The Balaban J connectivity index is 2.79. The highest BCUT2D eigenvalue weighted by atomic mass is 32.2. The van der Waals surface area contributed by atoms with Crippen molar-refractivity contribution in [1.29, 1.82) is 0 Å². The minimum Gasteiger partial charge on any atom is -0.192 e. The number of hydrogen-bond donors (Lipinski definition) is 1. The van der Waals surface area contributed by atoms with Gasteiger partial charge in [-0.15, -0.1) is 6.42 Å². The summed E-state index contributed by atoms with van der Waals surface area (Å²) in [4.78, 5) is 0.0924. The minimum absolute atomic E-state index is 0.0924. The van der Waals surface area contributed by atoms with E-state index in [4.69, 9.17) is 6.42 Å². The summed E-state index contributed by atoms with van der Waals surface area (Å²) in [6, 6.07) is 5.88. The van der Waals surface area contributed by atoms with Crippen LogP contribution in [0.2, 0.25) is 0 Å². The van der Waals surface area contributed by atoms with E-state index in [2.05, 4.69) is 15.7 Å². The van der Waals surface area contributed by atoms with Gasteiger partial charge in [0, 0.05) is 0 Å². The van der Waals surface area contributed by atoms with Gasteiger partial charge in [0.05, 0.1) is 10.9 Å². The highest BCUT2D eigenvalue weighted by molar-refractivity contribution is 7.86. The maximum Gasteiger partial charge on any atom is 0.312 e. The number of hydrogen-bond acceptors (Lipinski definition) is 4. The van der Waals surface area contributed by atoms with Crippen molar-refractivity contribution in [3.05, 3.63) is 29.8 Å². The van der Waals surface area contributed by atoms with Gasteiger partial charge >= 0.3 is 10.1 Å². The van der Waals surface area contributed by atoms with E-state index in [1.807, 2.05) is 6.92 Å². The zero-order valence-corrected chi connectivity index (χ0v) is 9.91. The molecular weight excluding hydrogens is 226 g/mol. The van der Waals surface area contributed by atoms with Crippen molar-refractivity contribution in [3.8, 4) is 12.3 Å². The number of terminal acetylenes is 1. The molecule has 1 N–H and O–H groups in total. The van der Waals surface area contributed by atoms with Crippen LogP contribution in [0.4, 0.5) is 0 Å². The van der Waals surface area contributed by atoms with Gasteiger partial charge in [0.1, 0.15) is 0 Å². The van der Waals surface area contributed by atoms with E-state index in [9.17, 15) is 8.42 Å². The molecule has 4 nitrogen and oxygen atoms in total. The van der Waals surface area contributed by atoms with E-state index in [0.29, 0.717) is 0 Å². The third kappa shape index (κ3) is 3.35. The Bertz CT molecular complexity index is 485. The van der Waals surface area contributed by atoms with Crippen molar-refractivity contribution < 1.29 is 12.7 Å². The van der Waals surface area contributed by atoms with Crippen LogP contribution < -0.4 is 5.48 Å². The van der Waals surface area contributed by atoms with E-state index in [0.717, 1.165) is 5.56 Å². The second-order valence-corrected chi connectivity index (χ2v) is 4.90. The van der Waals surface area contributed by atoms with E-state index in [1.54, 1.807) is 19.1 Å². The molecule has 0 aliphatic carbocycles. The van der Waals surface area contributed by atoms with Crippen LogP contribution in [-0.2, 0) is 14.4 Å². The molecule has 86 valence electrons. The largest absolute Gasteiger partial charge is 0.312 e. The monoisotopic (exact) mass is 239 g/mol. The van der Waals surface area contributed by atoms with Crippen molar-refractivity contribution in [2.75, 3.05) is 0 Å². The normalized spacial score (nSPS) is 13.1. The van der Waals surface area contributed by atoms with Crippen molar-refractivity contribution in [2.24, 2.45) is 0 Å². The lowest BCUT2D eigenvalue weighted by molar-refractivity contribution is 0.190. The summed E-state index contributed by atoms with van der Waals surface area (Å²) in [6.07, 6.45) is 5.07. The van der Waals surface area contributed by atoms with Gasteiger partial charge in [-0.1, -0.05) is 23.6 Å². The fraction of sp³-hybridized carbons (Fsp3) is 0.273. The average Bonchev–Trinajstić information content (AvgIpc) is 2.26. The van der Waals surface area contributed by atoms with Crippen LogP contribution in [0, 0.1) is 19.3 Å². The lowest BCUT2D eigenvalue weighted by Gasteiger charge is -2.08. The number of aryl methyl sites for hydroxylation is 1. The molecule has 1 atom stereocenters. The van der Waals surface area contributed by atoms with Crippen LogP contribution in [0.5, 0.6) is 0 Å². The fourth-order valence-electron chi connectivity index (χ4n) is 0.923. The summed E-state index contributed by atoms with van der Waals surface area (Å²) in [5, 5.41) is 0. The summed E-state index contributed by atoms with van der Waals surface area (Å²) in [6.45, 7) is 3.49. The van der Waals surface area contributed by atoms with Gasteiger partial charge in [-0.3, -0.25) is 0 Å². The zero-order chi connectivity index (χ0) is 12.2. The first kappa shape index (κ1) is 12.7. The molecule has 0 saturated carbocycles. The zero-order valence-electron chi connectivity index (χ0n) is 9.10. The number of hydroxylamine groups is 1. The standard InChI is InChI=1S/C11H13NO3S/c1-4-10(3)12-15-16(13,14)11-7-5-9(2)6-8-11/h1,5-8,10,12H,2-3H3. The third-order valence-corrected chi connectivity index (χ3v) is 3.06. The molecule has 16 heavy (non-hydrogen) atoms. The second kappa shape index (κ2) is 5.12. The smallest absolute Gasteiger partial charge is 0.192 e. The first-order valence-corrected chi connectivity index (χ1v) is 6.08.